The van der Waals surface area contributed by atoms with Crippen LogP contribution in [0, 0.1) is 6.92 Å². The van der Waals surface area contributed by atoms with Crippen molar-refractivity contribution in [3.05, 3.63) is 23.9 Å². The molecule has 1 saturated carbocycles. The number of carbonyl (C=O) groups excluding carboxylic acids is 1. The van der Waals surface area contributed by atoms with Crippen molar-refractivity contribution >= 4 is 17.5 Å². The van der Waals surface area contributed by atoms with Crippen LogP contribution >= 0.6 is 0 Å². The molecule has 0 spiro atoms. The molecule has 0 aromatic carbocycles. The van der Waals surface area contributed by atoms with E-state index in [1.54, 1.807) is 4.52 Å². The van der Waals surface area contributed by atoms with Gasteiger partial charge in [0.1, 0.15) is 0 Å². The Bertz CT molecular complexity index is 587. The molecule has 0 aliphatic heterocycles. The molecular weight excluding hydrogens is 230 g/mol. The first-order valence-corrected chi connectivity index (χ1v) is 6.07. The average molecular weight is 245 g/mol. The number of hydrogen-bond donors (Lipinski definition) is 2. The molecule has 0 unspecified atom stereocenters. The topological polar surface area (TPSA) is 71.3 Å². The van der Waals surface area contributed by atoms with E-state index >= 15 is 0 Å². The Labute approximate surface area is 104 Å². The molecule has 2 aromatic heterocycles. The Balaban J connectivity index is 1.66. The summed E-state index contributed by atoms with van der Waals surface area (Å²) in [4.78, 5) is 15.9. The van der Waals surface area contributed by atoms with Crippen LogP contribution in [0.15, 0.2) is 18.3 Å². The Morgan fingerprint density at radius 3 is 3.11 bits per heavy atom. The van der Waals surface area contributed by atoms with E-state index in [9.17, 15) is 4.79 Å². The molecule has 0 saturated heterocycles. The molecular formula is C12H15N5O. The maximum Gasteiger partial charge on any atom is 0.243 e. The minimum absolute atomic E-state index is 0.00641. The quantitative estimate of drug-likeness (QED) is 0.833. The Morgan fingerprint density at radius 1 is 1.56 bits per heavy atom. The van der Waals surface area contributed by atoms with Crippen LogP contribution in [0.1, 0.15) is 18.4 Å². The zero-order valence-electron chi connectivity index (χ0n) is 10.2. The van der Waals surface area contributed by atoms with E-state index in [1.165, 1.54) is 0 Å². The number of rotatable bonds is 4. The number of pyridine rings is 1. The fourth-order valence-corrected chi connectivity index (χ4v) is 1.78. The molecule has 18 heavy (non-hydrogen) atoms. The number of carbonyl (C=O) groups is 1. The van der Waals surface area contributed by atoms with Gasteiger partial charge in [0.25, 0.3) is 0 Å². The number of aryl methyl sites for hydroxylation is 1. The molecule has 3 rings (SSSR count). The largest absolute Gasteiger partial charge is 0.352 e. The van der Waals surface area contributed by atoms with Crippen molar-refractivity contribution in [2.24, 2.45) is 0 Å². The highest BCUT2D eigenvalue weighted by atomic mass is 16.2. The van der Waals surface area contributed by atoms with Crippen LogP contribution in [-0.4, -0.2) is 33.1 Å². The summed E-state index contributed by atoms with van der Waals surface area (Å²) in [6.45, 7) is 2.19. The predicted octanol–water partition coefficient (Wildman–Crippen LogP) is 0.728. The first-order valence-electron chi connectivity index (χ1n) is 6.07. The minimum atomic E-state index is -0.00641. The average Bonchev–Trinajstić information content (AvgIpc) is 3.04. The number of amides is 1. The fraction of sp³-hybridized carbons (Fsp3) is 0.417. The molecule has 1 aliphatic rings. The Morgan fingerprint density at radius 2 is 2.39 bits per heavy atom. The highest BCUT2D eigenvalue weighted by Gasteiger charge is 2.23. The summed E-state index contributed by atoms with van der Waals surface area (Å²) in [5.74, 6) is 0.475. The number of hydrogen-bond acceptors (Lipinski definition) is 4. The molecule has 94 valence electrons. The van der Waals surface area contributed by atoms with Gasteiger partial charge in [0.2, 0.25) is 11.9 Å². The van der Waals surface area contributed by atoms with Crippen molar-refractivity contribution in [2.75, 3.05) is 11.9 Å². The number of aromatic nitrogens is 3. The maximum absolute atomic E-state index is 11.5. The summed E-state index contributed by atoms with van der Waals surface area (Å²) < 4.78 is 1.70. The second kappa shape index (κ2) is 4.29. The third-order valence-electron chi connectivity index (χ3n) is 2.91. The van der Waals surface area contributed by atoms with Crippen LogP contribution in [-0.2, 0) is 4.79 Å². The SMILES string of the molecule is Cc1cccn2nc(NCC(=O)NC3CC3)nc12. The summed E-state index contributed by atoms with van der Waals surface area (Å²) in [5, 5.41) is 10.1. The Hall–Kier alpha value is -2.11. The van der Waals surface area contributed by atoms with Gasteiger partial charge >= 0.3 is 0 Å². The molecule has 1 amide bonds. The zero-order chi connectivity index (χ0) is 12.5. The van der Waals surface area contributed by atoms with Crippen molar-refractivity contribution in [1.29, 1.82) is 0 Å². The minimum Gasteiger partial charge on any atom is -0.352 e. The second-order valence-corrected chi connectivity index (χ2v) is 4.59. The van der Waals surface area contributed by atoms with Gasteiger partial charge in [0.15, 0.2) is 5.65 Å². The summed E-state index contributed by atoms with van der Waals surface area (Å²) in [7, 11) is 0. The summed E-state index contributed by atoms with van der Waals surface area (Å²) in [6, 6.07) is 4.28. The van der Waals surface area contributed by atoms with Crippen LogP contribution in [0.4, 0.5) is 5.95 Å². The number of nitrogens with one attached hydrogen (secondary N) is 2. The molecule has 0 atom stereocenters. The summed E-state index contributed by atoms with van der Waals surface area (Å²) >= 11 is 0. The third kappa shape index (κ3) is 2.27. The van der Waals surface area contributed by atoms with Crippen LogP contribution in [0.25, 0.3) is 5.65 Å². The first kappa shape index (κ1) is 11.0. The normalized spacial score (nSPS) is 14.7. The van der Waals surface area contributed by atoms with Crippen molar-refractivity contribution in [3.8, 4) is 0 Å². The van der Waals surface area contributed by atoms with Gasteiger partial charge in [0.05, 0.1) is 6.54 Å². The van der Waals surface area contributed by atoms with Gasteiger partial charge in [-0.05, 0) is 31.4 Å². The standard InChI is InChI=1S/C12H15N5O/c1-8-3-2-6-17-11(8)15-12(16-17)13-7-10(18)14-9-4-5-9/h2-3,6,9H,4-5,7H2,1H3,(H,13,16)(H,14,18). The van der Waals surface area contributed by atoms with E-state index in [0.29, 0.717) is 12.0 Å². The third-order valence-corrected chi connectivity index (χ3v) is 2.91. The lowest BCUT2D eigenvalue weighted by molar-refractivity contribution is -0.119. The van der Waals surface area contributed by atoms with Crippen molar-refractivity contribution in [2.45, 2.75) is 25.8 Å². The number of fused-ring (bicyclic) bond motifs is 1. The van der Waals surface area contributed by atoms with Crippen LogP contribution in [0.2, 0.25) is 0 Å². The van der Waals surface area contributed by atoms with Crippen LogP contribution in [0.5, 0.6) is 0 Å². The van der Waals surface area contributed by atoms with Gasteiger partial charge < -0.3 is 10.6 Å². The molecule has 0 radical (unpaired) electrons. The van der Waals surface area contributed by atoms with Gasteiger partial charge in [-0.2, -0.15) is 4.98 Å². The molecule has 1 fully saturated rings. The fourth-order valence-electron chi connectivity index (χ4n) is 1.78. The molecule has 1 aliphatic carbocycles. The lowest BCUT2D eigenvalue weighted by atomic mass is 10.3. The highest BCUT2D eigenvalue weighted by Crippen LogP contribution is 2.18. The predicted molar refractivity (Wildman–Crippen MR) is 67.4 cm³/mol. The lowest BCUT2D eigenvalue weighted by Crippen LogP contribution is -2.31. The first-order chi connectivity index (χ1) is 8.72. The van der Waals surface area contributed by atoms with Gasteiger partial charge in [-0.25, -0.2) is 4.52 Å². The van der Waals surface area contributed by atoms with Crippen LogP contribution < -0.4 is 10.6 Å². The molecule has 0 bridgehead atoms. The van der Waals surface area contributed by atoms with Gasteiger partial charge in [-0.1, -0.05) is 6.07 Å². The van der Waals surface area contributed by atoms with Gasteiger partial charge in [-0.15, -0.1) is 5.10 Å². The van der Waals surface area contributed by atoms with E-state index < -0.39 is 0 Å². The second-order valence-electron chi connectivity index (χ2n) is 4.59. The van der Waals surface area contributed by atoms with E-state index in [2.05, 4.69) is 20.7 Å². The van der Waals surface area contributed by atoms with Gasteiger partial charge in [0, 0.05) is 12.2 Å². The van der Waals surface area contributed by atoms with Gasteiger partial charge in [-0.3, -0.25) is 4.79 Å². The van der Waals surface area contributed by atoms with Crippen molar-refractivity contribution in [1.82, 2.24) is 19.9 Å². The van der Waals surface area contributed by atoms with Crippen molar-refractivity contribution in [3.63, 3.8) is 0 Å². The van der Waals surface area contributed by atoms with Crippen molar-refractivity contribution < 1.29 is 4.79 Å². The molecule has 2 N–H and O–H groups in total. The molecule has 2 heterocycles. The highest BCUT2D eigenvalue weighted by molar-refractivity contribution is 5.80. The number of anilines is 1. The smallest absolute Gasteiger partial charge is 0.243 e. The van der Waals surface area contributed by atoms with E-state index in [0.717, 1.165) is 24.1 Å². The summed E-state index contributed by atoms with van der Waals surface area (Å²) in [5.41, 5.74) is 1.86. The number of nitrogens with zero attached hydrogens (tertiary/aromatic N) is 3. The maximum atomic E-state index is 11.5. The molecule has 2 aromatic rings. The lowest BCUT2D eigenvalue weighted by Gasteiger charge is -2.02. The van der Waals surface area contributed by atoms with E-state index in [1.807, 2.05) is 25.3 Å². The van der Waals surface area contributed by atoms with E-state index in [4.69, 9.17) is 0 Å². The monoisotopic (exact) mass is 245 g/mol. The summed E-state index contributed by atoms with van der Waals surface area (Å²) in [6.07, 6.45) is 4.03. The molecule has 6 nitrogen and oxygen atoms in total. The van der Waals surface area contributed by atoms with Crippen LogP contribution in [0.3, 0.4) is 0 Å². The zero-order valence-corrected chi connectivity index (χ0v) is 10.2. The molecule has 6 heteroatoms. The Kier molecular flexibility index (Phi) is 2.62. The van der Waals surface area contributed by atoms with E-state index in [-0.39, 0.29) is 12.5 Å².